The Morgan fingerprint density at radius 2 is 1.73 bits per heavy atom. The van der Waals surface area contributed by atoms with Gasteiger partial charge in [-0.15, -0.1) is 0 Å². The lowest BCUT2D eigenvalue weighted by atomic mass is 9.90. The van der Waals surface area contributed by atoms with Gasteiger partial charge in [0.05, 0.1) is 11.3 Å². The van der Waals surface area contributed by atoms with E-state index in [2.05, 4.69) is 21.2 Å². The molecule has 5 rings (SSSR count). The molecule has 0 spiro atoms. The number of likely N-dealkylation sites (tertiary alicyclic amines) is 1. The summed E-state index contributed by atoms with van der Waals surface area (Å²) in [4.78, 5) is 43.0. The molecule has 9 heteroatoms. The van der Waals surface area contributed by atoms with Gasteiger partial charge < -0.3 is 15.0 Å². The Bertz CT molecular complexity index is 1410. The monoisotopic (exact) mass is 607 g/mol. The number of carbonyl (C=O) groups excluding carboxylic acids is 3. The Kier molecular flexibility index (Phi) is 8.61. The van der Waals surface area contributed by atoms with Crippen LogP contribution in [0.1, 0.15) is 64.3 Å². The van der Waals surface area contributed by atoms with Crippen LogP contribution in [0.5, 0.6) is 0 Å². The van der Waals surface area contributed by atoms with Crippen LogP contribution < -0.4 is 10.2 Å². The van der Waals surface area contributed by atoms with E-state index >= 15 is 0 Å². The summed E-state index contributed by atoms with van der Waals surface area (Å²) in [7, 11) is 1.55. The number of methoxy groups -OCH3 is 1. The molecule has 0 aliphatic carbocycles. The first kappa shape index (κ1) is 28.0. The maximum Gasteiger partial charge on any atom is 0.260 e. The summed E-state index contributed by atoms with van der Waals surface area (Å²) in [6, 6.07) is 18.1. The molecule has 1 fully saturated rings. The molecule has 3 amide bonds. The normalized spacial score (nSPS) is 18.7. The third-order valence-electron chi connectivity index (χ3n) is 7.62. The zero-order valence-electron chi connectivity index (χ0n) is 22.2. The quantitative estimate of drug-likeness (QED) is 0.354. The number of ether oxygens (including phenoxy) is 1. The number of amides is 3. The van der Waals surface area contributed by atoms with Gasteiger partial charge in [0, 0.05) is 42.3 Å². The SMILES string of the molecule is COC1CCC(CC(=O)N2CCCC2)c2cc(F)ccc2N1C(=O)c1ccc(NC(=O)c2ccccc2Br)cc1. The minimum atomic E-state index is -0.585. The van der Waals surface area contributed by atoms with Crippen LogP contribution in [-0.2, 0) is 9.53 Å². The predicted octanol–water partition coefficient (Wildman–Crippen LogP) is 6.35. The first-order chi connectivity index (χ1) is 19.4. The number of nitrogens with zero attached hydrogens (tertiary/aromatic N) is 2. The summed E-state index contributed by atoms with van der Waals surface area (Å²) in [5.41, 5.74) is 2.61. The Hall–Kier alpha value is -3.56. The maximum absolute atomic E-state index is 14.5. The van der Waals surface area contributed by atoms with Crippen molar-refractivity contribution in [2.24, 2.45) is 0 Å². The van der Waals surface area contributed by atoms with Gasteiger partial charge in [-0.1, -0.05) is 12.1 Å². The summed E-state index contributed by atoms with van der Waals surface area (Å²) in [5.74, 6) is -1.17. The lowest BCUT2D eigenvalue weighted by Crippen LogP contribution is -2.41. The molecule has 2 unspecified atom stereocenters. The smallest absolute Gasteiger partial charge is 0.260 e. The van der Waals surface area contributed by atoms with Gasteiger partial charge in [0.1, 0.15) is 12.0 Å². The highest BCUT2D eigenvalue weighted by atomic mass is 79.9. The maximum atomic E-state index is 14.5. The average Bonchev–Trinajstić information content (AvgIpc) is 3.46. The molecule has 0 saturated carbocycles. The van der Waals surface area contributed by atoms with Crippen LogP contribution in [0, 0.1) is 5.82 Å². The van der Waals surface area contributed by atoms with Crippen LogP contribution in [0.2, 0.25) is 0 Å². The zero-order valence-corrected chi connectivity index (χ0v) is 23.8. The third-order valence-corrected chi connectivity index (χ3v) is 8.31. The highest BCUT2D eigenvalue weighted by Crippen LogP contribution is 2.40. The summed E-state index contributed by atoms with van der Waals surface area (Å²) in [6.45, 7) is 1.51. The summed E-state index contributed by atoms with van der Waals surface area (Å²) in [6.07, 6.45) is 2.76. The molecule has 0 bridgehead atoms. The van der Waals surface area contributed by atoms with Crippen molar-refractivity contribution in [1.82, 2.24) is 4.90 Å². The van der Waals surface area contributed by atoms with Crippen LogP contribution in [-0.4, -0.2) is 49.0 Å². The first-order valence-corrected chi connectivity index (χ1v) is 14.2. The van der Waals surface area contributed by atoms with E-state index in [1.165, 1.54) is 12.1 Å². The lowest BCUT2D eigenvalue weighted by molar-refractivity contribution is -0.130. The van der Waals surface area contributed by atoms with Crippen molar-refractivity contribution in [3.8, 4) is 0 Å². The third kappa shape index (κ3) is 5.95. The molecule has 3 aromatic carbocycles. The van der Waals surface area contributed by atoms with Crippen LogP contribution >= 0.6 is 15.9 Å². The van der Waals surface area contributed by atoms with Gasteiger partial charge in [0.2, 0.25) is 5.91 Å². The lowest BCUT2D eigenvalue weighted by Gasteiger charge is -2.30. The first-order valence-electron chi connectivity index (χ1n) is 13.4. The Morgan fingerprint density at radius 1 is 1.00 bits per heavy atom. The van der Waals surface area contributed by atoms with Crippen LogP contribution in [0.25, 0.3) is 0 Å². The van der Waals surface area contributed by atoms with E-state index in [4.69, 9.17) is 4.74 Å². The molecule has 2 heterocycles. The molecule has 208 valence electrons. The highest BCUT2D eigenvalue weighted by Gasteiger charge is 2.35. The number of anilines is 2. The standard InChI is InChI=1S/C31H31BrFN3O4/c1-40-29-15-10-21(18-28(37)35-16-4-5-17-35)25-19-22(33)11-14-27(25)36(29)31(39)20-8-12-23(13-9-20)34-30(38)24-6-2-3-7-26(24)32/h2-3,6-9,11-14,19,21,29H,4-5,10,15-18H2,1H3,(H,34,38). The molecule has 2 aliphatic heterocycles. The van der Waals surface area contributed by atoms with Crippen molar-refractivity contribution in [3.63, 3.8) is 0 Å². The fraction of sp³-hybridized carbons (Fsp3) is 0.323. The molecule has 7 nitrogen and oxygen atoms in total. The van der Waals surface area contributed by atoms with Crippen molar-refractivity contribution in [1.29, 1.82) is 0 Å². The van der Waals surface area contributed by atoms with Crippen LogP contribution in [0.15, 0.2) is 71.2 Å². The number of carbonyl (C=O) groups is 3. The van der Waals surface area contributed by atoms with Crippen molar-refractivity contribution in [3.05, 3.63) is 93.7 Å². The molecule has 40 heavy (non-hydrogen) atoms. The van der Waals surface area contributed by atoms with Crippen molar-refractivity contribution < 1.29 is 23.5 Å². The highest BCUT2D eigenvalue weighted by molar-refractivity contribution is 9.10. The number of rotatable bonds is 6. The molecule has 3 aromatic rings. The molecule has 2 atom stereocenters. The van der Waals surface area contributed by atoms with Crippen molar-refractivity contribution in [2.45, 2.75) is 44.2 Å². The average molecular weight is 609 g/mol. The molecule has 0 radical (unpaired) electrons. The molecule has 0 aromatic heterocycles. The van der Waals surface area contributed by atoms with Gasteiger partial charge in [-0.2, -0.15) is 0 Å². The van der Waals surface area contributed by atoms with Crippen LogP contribution in [0.4, 0.5) is 15.8 Å². The second-order valence-electron chi connectivity index (χ2n) is 10.1. The summed E-state index contributed by atoms with van der Waals surface area (Å²) < 4.78 is 20.9. The number of benzene rings is 3. The van der Waals surface area contributed by atoms with Crippen molar-refractivity contribution >= 4 is 45.0 Å². The number of hydrogen-bond donors (Lipinski definition) is 1. The van der Waals surface area contributed by atoms with Gasteiger partial charge >= 0.3 is 0 Å². The van der Waals surface area contributed by atoms with Gasteiger partial charge in [0.25, 0.3) is 11.8 Å². The Morgan fingerprint density at radius 3 is 2.42 bits per heavy atom. The number of hydrogen-bond acceptors (Lipinski definition) is 4. The minimum absolute atomic E-state index is 0.0617. The fourth-order valence-electron chi connectivity index (χ4n) is 5.52. The second kappa shape index (κ2) is 12.3. The van der Waals surface area contributed by atoms with Crippen LogP contribution in [0.3, 0.4) is 0 Å². The van der Waals surface area contributed by atoms with Gasteiger partial charge in [-0.25, -0.2) is 4.39 Å². The molecular weight excluding hydrogens is 577 g/mol. The van der Waals surface area contributed by atoms with E-state index in [1.54, 1.807) is 60.5 Å². The summed E-state index contributed by atoms with van der Waals surface area (Å²) in [5, 5.41) is 2.85. The van der Waals surface area contributed by atoms with E-state index in [9.17, 15) is 18.8 Å². The second-order valence-corrected chi connectivity index (χ2v) is 11.0. The van der Waals surface area contributed by atoms with E-state index in [0.717, 1.165) is 25.9 Å². The minimum Gasteiger partial charge on any atom is -0.361 e. The predicted molar refractivity (Wildman–Crippen MR) is 155 cm³/mol. The van der Waals surface area contributed by atoms with E-state index in [-0.39, 0.29) is 30.1 Å². The zero-order chi connectivity index (χ0) is 28.2. The largest absolute Gasteiger partial charge is 0.361 e. The van der Waals surface area contributed by atoms with E-state index in [0.29, 0.717) is 45.4 Å². The van der Waals surface area contributed by atoms with Gasteiger partial charge in [-0.3, -0.25) is 19.3 Å². The molecule has 1 N–H and O–H groups in total. The summed E-state index contributed by atoms with van der Waals surface area (Å²) >= 11 is 3.39. The number of nitrogens with one attached hydrogen (secondary N) is 1. The number of halogens is 2. The molecule has 1 saturated heterocycles. The molecule has 2 aliphatic rings. The van der Waals surface area contributed by atoms with Crippen molar-refractivity contribution in [2.75, 3.05) is 30.4 Å². The number of fused-ring (bicyclic) bond motifs is 1. The van der Waals surface area contributed by atoms with E-state index < -0.39 is 12.0 Å². The topological polar surface area (TPSA) is 79.0 Å². The fourth-order valence-corrected chi connectivity index (χ4v) is 5.98. The molecular formula is C31H31BrFN3O4. The van der Waals surface area contributed by atoms with E-state index in [1.807, 2.05) is 11.0 Å². The Balaban J connectivity index is 1.40. The van der Waals surface area contributed by atoms with Gasteiger partial charge in [-0.05, 0) is 108 Å². The van der Waals surface area contributed by atoms with Gasteiger partial charge in [0.15, 0.2) is 0 Å². The Labute approximate surface area is 241 Å².